The zero-order chi connectivity index (χ0) is 41.1. The molecule has 3 atom stereocenters. The summed E-state index contributed by atoms with van der Waals surface area (Å²) >= 11 is 0. The van der Waals surface area contributed by atoms with E-state index < -0.39 is 43.5 Å². The lowest BCUT2D eigenvalue weighted by Crippen LogP contribution is -2.54. The van der Waals surface area contributed by atoms with Crippen molar-refractivity contribution in [3.8, 4) is 34.5 Å². The summed E-state index contributed by atoms with van der Waals surface area (Å²) in [5.74, 6) is 2.78. The third-order valence-corrected chi connectivity index (χ3v) is 29.7. The van der Waals surface area contributed by atoms with Gasteiger partial charge in [0.1, 0.15) is 29.5 Å². The number of aromatic hydroxyl groups is 1. The van der Waals surface area contributed by atoms with Gasteiger partial charge >= 0.3 is 8.56 Å². The molecule has 1 saturated heterocycles. The second kappa shape index (κ2) is 15.6. The number of benzene rings is 2. The van der Waals surface area contributed by atoms with Crippen LogP contribution in [0.3, 0.4) is 0 Å². The monoisotopic (exact) mass is 802 g/mol. The summed E-state index contributed by atoms with van der Waals surface area (Å²) in [6.45, 7) is 41.2. The van der Waals surface area contributed by atoms with E-state index in [4.69, 9.17) is 31.9 Å². The van der Waals surface area contributed by atoms with Gasteiger partial charge in [0.25, 0.3) is 16.6 Å². The standard InChI is InChI=1S/C43H74O8Si3/c1-25(2)52(26(3)4,27(5)6)48-32-23-33-37(34(24-32)49-53(28(7)8,29(9)10)30(11)12)40-41(51-54(50-40,42(13,14)15)43(16,17)18)39(47-33)31-21-35(45-19)38(44)36(22-31)46-20/h21-30,39-41,44H,1-20H3/t39-,40+,41-/m1/s1. The molecule has 0 saturated carbocycles. The van der Waals surface area contributed by atoms with Crippen molar-refractivity contribution >= 4 is 25.2 Å². The van der Waals surface area contributed by atoms with Crippen molar-refractivity contribution < 1.29 is 37.0 Å². The second-order valence-corrected chi connectivity index (χ2v) is 35.2. The molecule has 8 nitrogen and oxygen atoms in total. The fourth-order valence-corrected chi connectivity index (χ4v) is 26.0. The number of fused-ring (bicyclic) bond motifs is 3. The van der Waals surface area contributed by atoms with Gasteiger partial charge in [0, 0.05) is 27.8 Å². The molecule has 306 valence electrons. The van der Waals surface area contributed by atoms with Gasteiger partial charge in [-0.2, -0.15) is 0 Å². The maximum atomic E-state index is 10.9. The lowest BCUT2D eigenvalue weighted by molar-refractivity contribution is 0.00824. The maximum Gasteiger partial charge on any atom is 0.350 e. The Morgan fingerprint density at radius 3 is 1.41 bits per heavy atom. The Balaban J connectivity index is 2.14. The van der Waals surface area contributed by atoms with E-state index in [1.807, 2.05) is 12.1 Å². The molecule has 54 heavy (non-hydrogen) atoms. The third-order valence-electron chi connectivity index (χ3n) is 12.6. The predicted octanol–water partition coefficient (Wildman–Crippen LogP) is 13.2. The Morgan fingerprint density at radius 1 is 0.593 bits per heavy atom. The van der Waals surface area contributed by atoms with E-state index in [-0.39, 0.29) is 15.8 Å². The summed E-state index contributed by atoms with van der Waals surface area (Å²) in [6, 6.07) is 7.89. The van der Waals surface area contributed by atoms with Crippen LogP contribution < -0.4 is 23.1 Å². The Hall–Kier alpha value is -2.19. The first kappa shape index (κ1) is 44.5. The Morgan fingerprint density at radius 2 is 1.02 bits per heavy atom. The summed E-state index contributed by atoms with van der Waals surface area (Å²) in [7, 11) is -4.85. The molecular formula is C43H74O8Si3. The average molecular weight is 803 g/mol. The fraction of sp³-hybridized carbons (Fsp3) is 0.721. The first-order valence-electron chi connectivity index (χ1n) is 20.3. The molecule has 1 fully saturated rings. The Bertz CT molecular complexity index is 1540. The van der Waals surface area contributed by atoms with Crippen LogP contribution in [0.4, 0.5) is 0 Å². The van der Waals surface area contributed by atoms with Gasteiger partial charge in [0.15, 0.2) is 17.6 Å². The summed E-state index contributed by atoms with van der Waals surface area (Å²) in [5, 5.41) is 10.4. The topological polar surface area (TPSA) is 84.8 Å². The summed E-state index contributed by atoms with van der Waals surface area (Å²) in [6.07, 6.45) is -1.61. The summed E-state index contributed by atoms with van der Waals surface area (Å²) < 4.78 is 48.8. The molecule has 1 N–H and O–H groups in total. The van der Waals surface area contributed by atoms with Gasteiger partial charge in [-0.3, -0.25) is 0 Å². The van der Waals surface area contributed by atoms with Gasteiger partial charge in [-0.05, 0) is 45.4 Å². The lowest BCUT2D eigenvalue weighted by Gasteiger charge is -2.46. The van der Waals surface area contributed by atoms with Crippen LogP contribution in [0.5, 0.6) is 34.5 Å². The van der Waals surface area contributed by atoms with E-state index in [9.17, 15) is 5.11 Å². The van der Waals surface area contributed by atoms with Crippen molar-refractivity contribution in [3.63, 3.8) is 0 Å². The molecule has 0 spiro atoms. The van der Waals surface area contributed by atoms with Crippen LogP contribution in [0.15, 0.2) is 24.3 Å². The van der Waals surface area contributed by atoms with Gasteiger partial charge in [-0.25, -0.2) is 0 Å². The Kier molecular flexibility index (Phi) is 12.9. The molecule has 0 bridgehead atoms. The molecule has 2 aliphatic heterocycles. The average Bonchev–Trinajstić information content (AvgIpc) is 3.48. The summed E-state index contributed by atoms with van der Waals surface area (Å²) in [5.41, 5.74) is 3.82. The smallest absolute Gasteiger partial charge is 0.350 e. The van der Waals surface area contributed by atoms with Crippen molar-refractivity contribution in [3.05, 3.63) is 35.4 Å². The van der Waals surface area contributed by atoms with Gasteiger partial charge in [0.05, 0.1) is 19.8 Å². The molecule has 0 aliphatic carbocycles. The van der Waals surface area contributed by atoms with Gasteiger partial charge in [-0.1, -0.05) is 125 Å². The molecule has 11 heteroatoms. The molecule has 0 radical (unpaired) electrons. The van der Waals surface area contributed by atoms with Gasteiger partial charge < -0.3 is 37.0 Å². The highest BCUT2D eigenvalue weighted by molar-refractivity contribution is 6.79. The van der Waals surface area contributed by atoms with E-state index in [2.05, 4.69) is 137 Å². The molecule has 0 amide bonds. The van der Waals surface area contributed by atoms with E-state index in [0.717, 1.165) is 22.6 Å². The van der Waals surface area contributed by atoms with Crippen LogP contribution in [0.25, 0.3) is 0 Å². The molecule has 2 aromatic rings. The highest BCUT2D eigenvalue weighted by Gasteiger charge is 2.68. The normalized spacial score (nSPS) is 20.5. The van der Waals surface area contributed by atoms with Crippen LogP contribution in [-0.2, 0) is 8.85 Å². The molecule has 2 aromatic carbocycles. The van der Waals surface area contributed by atoms with Crippen molar-refractivity contribution in [2.24, 2.45) is 0 Å². The van der Waals surface area contributed by atoms with Crippen LogP contribution >= 0.6 is 0 Å². The molecule has 0 unspecified atom stereocenters. The van der Waals surface area contributed by atoms with Gasteiger partial charge in [0.2, 0.25) is 5.75 Å². The molecule has 2 heterocycles. The number of hydrogen-bond acceptors (Lipinski definition) is 8. The van der Waals surface area contributed by atoms with E-state index in [1.54, 1.807) is 14.2 Å². The summed E-state index contributed by atoms with van der Waals surface area (Å²) in [4.78, 5) is 0. The minimum absolute atomic E-state index is 0.0608. The van der Waals surface area contributed by atoms with E-state index >= 15 is 0 Å². The van der Waals surface area contributed by atoms with Crippen LogP contribution in [-0.4, -0.2) is 50.6 Å². The zero-order valence-corrected chi connectivity index (χ0v) is 40.3. The number of phenolic OH excluding ortho intramolecular Hbond substituents is 1. The molecule has 4 rings (SSSR count). The largest absolute Gasteiger partial charge is 0.543 e. The quantitative estimate of drug-likeness (QED) is 0.200. The zero-order valence-electron chi connectivity index (χ0n) is 37.3. The number of methoxy groups -OCH3 is 2. The van der Waals surface area contributed by atoms with Crippen molar-refractivity contribution in [2.75, 3.05) is 14.2 Å². The lowest BCUT2D eigenvalue weighted by atomic mass is 9.91. The molecule has 2 aliphatic rings. The van der Waals surface area contributed by atoms with Crippen molar-refractivity contribution in [1.82, 2.24) is 0 Å². The minimum Gasteiger partial charge on any atom is -0.543 e. The first-order valence-corrected chi connectivity index (χ1v) is 26.4. The number of rotatable bonds is 13. The number of hydrogen-bond donors (Lipinski definition) is 1. The van der Waals surface area contributed by atoms with Crippen LogP contribution in [0.2, 0.25) is 43.3 Å². The SMILES string of the molecule is COc1cc([C@H]2Oc3cc(O[Si](C(C)C)(C(C)C)C(C)C)cc(O[Si](C(C)C)(C(C)C)C(C)C)c3[C@@H]3O[Si](C(C)(C)C)(C(C)(C)C)O[C@H]23)cc(OC)c1O. The highest BCUT2D eigenvalue weighted by Crippen LogP contribution is 2.64. The van der Waals surface area contributed by atoms with E-state index in [0.29, 0.717) is 50.5 Å². The van der Waals surface area contributed by atoms with Gasteiger partial charge in [-0.15, -0.1) is 0 Å². The first-order chi connectivity index (χ1) is 24.8. The van der Waals surface area contributed by atoms with Crippen molar-refractivity contribution in [2.45, 2.75) is 186 Å². The van der Waals surface area contributed by atoms with Crippen LogP contribution in [0.1, 0.15) is 148 Å². The highest BCUT2D eigenvalue weighted by atomic mass is 28.4. The molecular weight excluding hydrogens is 729 g/mol. The fourth-order valence-electron chi connectivity index (χ4n) is 10.5. The van der Waals surface area contributed by atoms with Crippen molar-refractivity contribution in [1.29, 1.82) is 0 Å². The second-order valence-electron chi connectivity index (χ2n) is 19.7. The predicted molar refractivity (Wildman–Crippen MR) is 228 cm³/mol. The minimum atomic E-state index is -3.07. The Labute approximate surface area is 331 Å². The number of ether oxygens (including phenoxy) is 3. The molecule has 0 aromatic heterocycles. The van der Waals surface area contributed by atoms with Crippen LogP contribution in [0, 0.1) is 0 Å². The van der Waals surface area contributed by atoms with E-state index in [1.165, 1.54) is 0 Å². The third kappa shape index (κ3) is 7.26. The number of phenols is 1. The maximum absolute atomic E-state index is 10.9.